The third-order valence-corrected chi connectivity index (χ3v) is 2.69. The summed E-state index contributed by atoms with van der Waals surface area (Å²) < 4.78 is 0. The number of anilines is 1. The number of urea groups is 1. The van der Waals surface area contributed by atoms with Gasteiger partial charge in [0.1, 0.15) is 0 Å². The highest BCUT2D eigenvalue weighted by atomic mass is 35.5. The molecular formula is C12H15ClN2O3. The lowest BCUT2D eigenvalue weighted by Crippen LogP contribution is -2.33. The Hall–Kier alpha value is -1.59. The molecule has 0 bridgehead atoms. The lowest BCUT2D eigenvalue weighted by Gasteiger charge is -2.16. The zero-order chi connectivity index (χ0) is 13.7. The zero-order valence-electron chi connectivity index (χ0n) is 10.2. The molecule has 1 aromatic carbocycles. The van der Waals surface area contributed by atoms with Crippen molar-refractivity contribution in [2.24, 2.45) is 0 Å². The van der Waals surface area contributed by atoms with Gasteiger partial charge < -0.3 is 15.3 Å². The van der Waals surface area contributed by atoms with E-state index in [1.165, 1.54) is 17.9 Å². The molecule has 98 valence electrons. The lowest BCUT2D eigenvalue weighted by atomic mass is 10.1. The number of aliphatic hydroxyl groups excluding tert-OH is 1. The quantitative estimate of drug-likeness (QED) is 0.822. The first-order chi connectivity index (χ1) is 8.45. The summed E-state index contributed by atoms with van der Waals surface area (Å²) in [6.45, 7) is 1.56. The summed E-state index contributed by atoms with van der Waals surface area (Å²) in [6, 6.07) is 4.33. The molecule has 0 saturated carbocycles. The summed E-state index contributed by atoms with van der Waals surface area (Å²) in [4.78, 5) is 24.2. The molecule has 2 N–H and O–H groups in total. The minimum Gasteiger partial charge on any atom is -0.395 e. The maximum absolute atomic E-state index is 11.6. The van der Waals surface area contributed by atoms with Crippen molar-refractivity contribution in [3.05, 3.63) is 28.8 Å². The van der Waals surface area contributed by atoms with Gasteiger partial charge in [-0.2, -0.15) is 0 Å². The Morgan fingerprint density at radius 2 is 2.11 bits per heavy atom. The average molecular weight is 271 g/mol. The number of amides is 2. The number of aliphatic hydroxyl groups is 1. The van der Waals surface area contributed by atoms with E-state index in [9.17, 15) is 9.59 Å². The Morgan fingerprint density at radius 3 is 2.61 bits per heavy atom. The summed E-state index contributed by atoms with van der Waals surface area (Å²) in [5, 5.41) is 11.6. The molecule has 0 aliphatic rings. The van der Waals surface area contributed by atoms with Gasteiger partial charge in [-0.15, -0.1) is 0 Å². The molecule has 0 atom stereocenters. The maximum Gasteiger partial charge on any atom is 0.321 e. The van der Waals surface area contributed by atoms with Crippen molar-refractivity contribution in [1.82, 2.24) is 4.90 Å². The van der Waals surface area contributed by atoms with Crippen molar-refractivity contribution in [2.45, 2.75) is 6.92 Å². The molecule has 1 rings (SSSR count). The van der Waals surface area contributed by atoms with Gasteiger partial charge in [0, 0.05) is 24.8 Å². The second kappa shape index (κ2) is 6.37. The predicted octanol–water partition coefficient (Wildman–Crippen LogP) is 2.00. The number of hydrogen-bond acceptors (Lipinski definition) is 3. The van der Waals surface area contributed by atoms with Crippen LogP contribution in [0, 0.1) is 0 Å². The number of carbonyl (C=O) groups excluding carboxylic acids is 2. The van der Waals surface area contributed by atoms with Gasteiger partial charge in [-0.3, -0.25) is 4.79 Å². The van der Waals surface area contributed by atoms with Crippen LogP contribution in [0.2, 0.25) is 5.02 Å². The summed E-state index contributed by atoms with van der Waals surface area (Å²) in [6.07, 6.45) is 0. The van der Waals surface area contributed by atoms with E-state index in [0.717, 1.165) is 0 Å². The van der Waals surface area contributed by atoms with Gasteiger partial charge in [-0.1, -0.05) is 11.6 Å². The van der Waals surface area contributed by atoms with E-state index in [-0.39, 0.29) is 25.0 Å². The van der Waals surface area contributed by atoms with E-state index < -0.39 is 0 Å². The first-order valence-electron chi connectivity index (χ1n) is 5.39. The molecule has 0 spiro atoms. The van der Waals surface area contributed by atoms with Crippen molar-refractivity contribution < 1.29 is 14.7 Å². The zero-order valence-corrected chi connectivity index (χ0v) is 11.0. The monoisotopic (exact) mass is 270 g/mol. The normalized spacial score (nSPS) is 10.0. The fraction of sp³-hybridized carbons (Fsp3) is 0.333. The van der Waals surface area contributed by atoms with Crippen LogP contribution in [0.15, 0.2) is 18.2 Å². The molecule has 0 aromatic heterocycles. The van der Waals surface area contributed by atoms with Gasteiger partial charge in [0.25, 0.3) is 0 Å². The van der Waals surface area contributed by atoms with Crippen LogP contribution in [0.3, 0.4) is 0 Å². The highest BCUT2D eigenvalue weighted by molar-refractivity contribution is 6.34. The van der Waals surface area contributed by atoms with Crippen molar-refractivity contribution in [2.75, 3.05) is 25.5 Å². The molecule has 0 radical (unpaired) electrons. The van der Waals surface area contributed by atoms with E-state index in [1.54, 1.807) is 19.2 Å². The van der Waals surface area contributed by atoms with E-state index in [1.807, 2.05) is 0 Å². The van der Waals surface area contributed by atoms with Crippen molar-refractivity contribution in [1.29, 1.82) is 0 Å². The number of halogens is 1. The molecular weight excluding hydrogens is 256 g/mol. The van der Waals surface area contributed by atoms with Crippen LogP contribution in [0.5, 0.6) is 0 Å². The minimum atomic E-state index is -0.351. The molecule has 2 amide bonds. The van der Waals surface area contributed by atoms with E-state index in [0.29, 0.717) is 16.3 Å². The number of ketones is 1. The smallest absolute Gasteiger partial charge is 0.321 e. The van der Waals surface area contributed by atoms with Gasteiger partial charge in [-0.05, 0) is 25.1 Å². The van der Waals surface area contributed by atoms with Crippen LogP contribution in [0.4, 0.5) is 10.5 Å². The Kier molecular flexibility index (Phi) is 5.12. The van der Waals surface area contributed by atoms with Crippen molar-refractivity contribution in [3.63, 3.8) is 0 Å². The molecule has 5 nitrogen and oxygen atoms in total. The molecule has 0 saturated heterocycles. The van der Waals surface area contributed by atoms with Gasteiger partial charge >= 0.3 is 6.03 Å². The third kappa shape index (κ3) is 3.72. The predicted molar refractivity (Wildman–Crippen MR) is 70.2 cm³/mol. The Labute approximate surface area is 110 Å². The van der Waals surface area contributed by atoms with Crippen LogP contribution < -0.4 is 5.32 Å². The first kappa shape index (κ1) is 14.5. The van der Waals surface area contributed by atoms with Crippen LogP contribution >= 0.6 is 11.6 Å². The van der Waals surface area contributed by atoms with Crippen LogP contribution in [0.1, 0.15) is 17.3 Å². The summed E-state index contributed by atoms with van der Waals surface area (Å²) in [7, 11) is 1.57. The first-order valence-corrected chi connectivity index (χ1v) is 5.77. The van der Waals surface area contributed by atoms with Crippen LogP contribution in [-0.2, 0) is 0 Å². The largest absolute Gasteiger partial charge is 0.395 e. The number of nitrogens with one attached hydrogen (secondary N) is 1. The topological polar surface area (TPSA) is 69.6 Å². The molecule has 0 heterocycles. The lowest BCUT2D eigenvalue weighted by molar-refractivity contribution is 0.101. The minimum absolute atomic E-state index is 0.103. The van der Waals surface area contributed by atoms with Gasteiger partial charge in [0.15, 0.2) is 5.78 Å². The SMILES string of the molecule is CC(=O)c1ccc(NC(=O)N(C)CCO)cc1Cl. The molecule has 0 fully saturated rings. The van der Waals surface area contributed by atoms with Gasteiger partial charge in [0.2, 0.25) is 0 Å². The Morgan fingerprint density at radius 1 is 1.44 bits per heavy atom. The summed E-state index contributed by atoms with van der Waals surface area (Å²) >= 11 is 5.92. The molecule has 6 heteroatoms. The second-order valence-electron chi connectivity index (χ2n) is 3.83. The molecule has 0 aliphatic carbocycles. The third-order valence-electron chi connectivity index (χ3n) is 2.38. The highest BCUT2D eigenvalue weighted by Gasteiger charge is 2.10. The van der Waals surface area contributed by atoms with Gasteiger partial charge in [0.05, 0.1) is 11.6 Å². The maximum atomic E-state index is 11.6. The van der Waals surface area contributed by atoms with Crippen molar-refractivity contribution >= 4 is 29.1 Å². The van der Waals surface area contributed by atoms with E-state index in [4.69, 9.17) is 16.7 Å². The molecule has 0 unspecified atom stereocenters. The highest BCUT2D eigenvalue weighted by Crippen LogP contribution is 2.21. The average Bonchev–Trinajstić information content (AvgIpc) is 2.28. The number of carbonyl (C=O) groups is 2. The second-order valence-corrected chi connectivity index (χ2v) is 4.23. The fourth-order valence-electron chi connectivity index (χ4n) is 1.35. The van der Waals surface area contributed by atoms with Crippen molar-refractivity contribution in [3.8, 4) is 0 Å². The molecule has 0 aliphatic heterocycles. The Balaban J connectivity index is 2.77. The van der Waals surface area contributed by atoms with Gasteiger partial charge in [-0.25, -0.2) is 4.79 Å². The summed E-state index contributed by atoms with van der Waals surface area (Å²) in [5.74, 6) is -0.129. The van der Waals surface area contributed by atoms with Crippen LogP contribution in [0.25, 0.3) is 0 Å². The Bertz CT molecular complexity index is 463. The number of hydrogen-bond donors (Lipinski definition) is 2. The number of benzene rings is 1. The number of Topliss-reactive ketones (excluding diaryl/α,β-unsaturated/α-hetero) is 1. The number of nitrogens with zero attached hydrogens (tertiary/aromatic N) is 1. The number of rotatable bonds is 4. The molecule has 1 aromatic rings. The molecule has 18 heavy (non-hydrogen) atoms. The number of likely N-dealkylation sites (N-methyl/N-ethyl adjacent to an activating group) is 1. The van der Waals surface area contributed by atoms with Crippen LogP contribution in [-0.4, -0.2) is 42.0 Å². The summed E-state index contributed by atoms with van der Waals surface area (Å²) in [5.41, 5.74) is 0.915. The van der Waals surface area contributed by atoms with E-state index in [2.05, 4.69) is 5.32 Å². The fourth-order valence-corrected chi connectivity index (χ4v) is 1.66. The van der Waals surface area contributed by atoms with E-state index >= 15 is 0 Å². The standard InChI is InChI=1S/C12H15ClN2O3/c1-8(17)10-4-3-9(7-11(10)13)14-12(18)15(2)5-6-16/h3-4,7,16H,5-6H2,1-2H3,(H,14,18).